The van der Waals surface area contributed by atoms with Gasteiger partial charge in [-0.3, -0.25) is 0 Å². The lowest BCUT2D eigenvalue weighted by molar-refractivity contribution is 0.121. The third-order valence-electron chi connectivity index (χ3n) is 2.80. The van der Waals surface area contributed by atoms with Gasteiger partial charge in [-0.1, -0.05) is 0 Å². The van der Waals surface area contributed by atoms with Crippen molar-refractivity contribution in [1.82, 2.24) is 14.9 Å². The average molecular weight is 247 g/mol. The molecule has 0 N–H and O–H groups in total. The molecule has 1 fully saturated rings. The Kier molecular flexibility index (Phi) is 3.57. The van der Waals surface area contributed by atoms with Gasteiger partial charge < -0.3 is 14.5 Å². The van der Waals surface area contributed by atoms with Gasteiger partial charge in [0.15, 0.2) is 11.5 Å². The Morgan fingerprint density at radius 1 is 1.33 bits per heavy atom. The number of carbonyl (C=O) groups excluding carboxylic acids is 1. The third-order valence-corrected chi connectivity index (χ3v) is 2.80. The van der Waals surface area contributed by atoms with E-state index in [2.05, 4.69) is 14.7 Å². The van der Waals surface area contributed by atoms with Gasteiger partial charge in [-0.15, -0.1) is 0 Å². The zero-order chi connectivity index (χ0) is 13.0. The summed E-state index contributed by atoms with van der Waals surface area (Å²) in [5, 5.41) is 8.96. The maximum atomic E-state index is 11.3. The number of anilines is 1. The summed E-state index contributed by atoms with van der Waals surface area (Å²) in [6.45, 7) is 2.33. The highest BCUT2D eigenvalue weighted by atomic mass is 16.5. The lowest BCUT2D eigenvalue weighted by atomic mass is 10.3. The predicted molar refractivity (Wildman–Crippen MR) is 62.9 cm³/mol. The van der Waals surface area contributed by atoms with E-state index in [1.165, 1.54) is 13.3 Å². The zero-order valence-electron chi connectivity index (χ0n) is 10.0. The van der Waals surface area contributed by atoms with Gasteiger partial charge >= 0.3 is 6.09 Å². The van der Waals surface area contributed by atoms with Gasteiger partial charge in [0.25, 0.3) is 0 Å². The Labute approximate surface area is 105 Å². The number of carbonyl (C=O) groups is 1. The molecule has 2 heterocycles. The van der Waals surface area contributed by atoms with Crippen molar-refractivity contribution in [3.05, 3.63) is 18.1 Å². The second-order valence-electron chi connectivity index (χ2n) is 3.78. The van der Waals surface area contributed by atoms with Crippen LogP contribution in [-0.4, -0.2) is 54.2 Å². The van der Waals surface area contributed by atoms with Crippen LogP contribution >= 0.6 is 0 Å². The number of rotatable bonds is 1. The Morgan fingerprint density at radius 3 is 2.61 bits per heavy atom. The summed E-state index contributed by atoms with van der Waals surface area (Å²) < 4.78 is 4.66. The fourth-order valence-corrected chi connectivity index (χ4v) is 1.87. The van der Waals surface area contributed by atoms with Crippen LogP contribution in [0.4, 0.5) is 10.6 Å². The van der Waals surface area contributed by atoms with Gasteiger partial charge in [0, 0.05) is 38.6 Å². The summed E-state index contributed by atoms with van der Waals surface area (Å²) in [5.41, 5.74) is 0.309. The molecule has 7 heteroatoms. The van der Waals surface area contributed by atoms with E-state index < -0.39 is 0 Å². The van der Waals surface area contributed by atoms with Crippen molar-refractivity contribution in [1.29, 1.82) is 5.26 Å². The predicted octanol–water partition coefficient (Wildman–Crippen LogP) is 0.237. The number of aromatic nitrogens is 2. The molecule has 0 bridgehead atoms. The number of nitriles is 1. The molecule has 1 saturated heterocycles. The lowest BCUT2D eigenvalue weighted by Gasteiger charge is -2.34. The van der Waals surface area contributed by atoms with E-state index in [0.717, 1.165) is 0 Å². The molecule has 0 aromatic carbocycles. The molecular formula is C11H13N5O2. The van der Waals surface area contributed by atoms with Crippen molar-refractivity contribution in [2.45, 2.75) is 0 Å². The van der Waals surface area contributed by atoms with Gasteiger partial charge in [0.1, 0.15) is 6.07 Å². The summed E-state index contributed by atoms with van der Waals surface area (Å²) in [6, 6.07) is 2.02. The zero-order valence-corrected chi connectivity index (χ0v) is 10.0. The molecule has 18 heavy (non-hydrogen) atoms. The first kappa shape index (κ1) is 12.1. The van der Waals surface area contributed by atoms with Crippen LogP contribution in [0.1, 0.15) is 5.69 Å². The van der Waals surface area contributed by atoms with Gasteiger partial charge in [-0.25, -0.2) is 14.8 Å². The van der Waals surface area contributed by atoms with Crippen molar-refractivity contribution in [2.24, 2.45) is 0 Å². The average Bonchev–Trinajstić information content (AvgIpc) is 2.46. The lowest BCUT2D eigenvalue weighted by Crippen LogP contribution is -2.49. The maximum absolute atomic E-state index is 11.3. The van der Waals surface area contributed by atoms with Crippen LogP contribution in [0.5, 0.6) is 0 Å². The summed E-state index contributed by atoms with van der Waals surface area (Å²) in [6.07, 6.45) is 2.73. The van der Waals surface area contributed by atoms with Gasteiger partial charge in [-0.2, -0.15) is 5.26 Å². The van der Waals surface area contributed by atoms with Gasteiger partial charge in [0.2, 0.25) is 0 Å². The van der Waals surface area contributed by atoms with Crippen LogP contribution in [0.3, 0.4) is 0 Å². The molecule has 1 aromatic rings. The van der Waals surface area contributed by atoms with E-state index in [4.69, 9.17) is 5.26 Å². The van der Waals surface area contributed by atoms with Crippen molar-refractivity contribution in [2.75, 3.05) is 38.2 Å². The largest absolute Gasteiger partial charge is 0.453 e. The number of methoxy groups -OCH3 is 1. The standard InChI is InChI=1S/C11H13N5O2/c1-18-11(17)16-6-4-15(5-7-16)10-9(8-12)13-2-3-14-10/h2-3H,4-7H2,1H3. The van der Waals surface area contributed by atoms with Crippen molar-refractivity contribution >= 4 is 11.9 Å². The van der Waals surface area contributed by atoms with Crippen molar-refractivity contribution in [3.8, 4) is 6.07 Å². The SMILES string of the molecule is COC(=O)N1CCN(c2nccnc2C#N)CC1. The van der Waals surface area contributed by atoms with E-state index in [0.29, 0.717) is 37.7 Å². The fourth-order valence-electron chi connectivity index (χ4n) is 1.87. The summed E-state index contributed by atoms with van der Waals surface area (Å²) >= 11 is 0. The number of piperazine rings is 1. The molecule has 2 rings (SSSR count). The van der Waals surface area contributed by atoms with Crippen molar-refractivity contribution in [3.63, 3.8) is 0 Å². The molecule has 1 aliphatic rings. The van der Waals surface area contributed by atoms with Crippen LogP contribution < -0.4 is 4.90 Å². The Morgan fingerprint density at radius 2 is 2.00 bits per heavy atom. The smallest absolute Gasteiger partial charge is 0.409 e. The van der Waals surface area contributed by atoms with Crippen molar-refractivity contribution < 1.29 is 9.53 Å². The highest BCUT2D eigenvalue weighted by molar-refractivity contribution is 5.68. The van der Waals surface area contributed by atoms with Crippen LogP contribution in [-0.2, 0) is 4.74 Å². The van der Waals surface area contributed by atoms with Crippen LogP contribution in [0, 0.1) is 11.3 Å². The molecule has 0 spiro atoms. The number of ether oxygens (including phenoxy) is 1. The molecule has 0 atom stereocenters. The minimum atomic E-state index is -0.325. The Hall–Kier alpha value is -2.36. The van der Waals surface area contributed by atoms with E-state index in [1.54, 1.807) is 11.1 Å². The molecular weight excluding hydrogens is 234 g/mol. The fraction of sp³-hybridized carbons (Fsp3) is 0.455. The molecule has 7 nitrogen and oxygen atoms in total. The normalized spacial score (nSPS) is 15.1. The molecule has 94 valence electrons. The Balaban J connectivity index is 2.06. The van der Waals surface area contributed by atoms with Gasteiger partial charge in [0.05, 0.1) is 7.11 Å². The minimum Gasteiger partial charge on any atom is -0.453 e. The molecule has 1 aromatic heterocycles. The van der Waals surface area contributed by atoms with Crippen LogP contribution in [0.25, 0.3) is 0 Å². The topological polar surface area (TPSA) is 82.3 Å². The minimum absolute atomic E-state index is 0.309. The number of hydrogen-bond acceptors (Lipinski definition) is 6. The highest BCUT2D eigenvalue weighted by Gasteiger charge is 2.23. The molecule has 0 unspecified atom stereocenters. The number of amides is 1. The summed E-state index contributed by atoms with van der Waals surface area (Å²) in [5.74, 6) is 0.574. The van der Waals surface area contributed by atoms with E-state index in [-0.39, 0.29) is 6.09 Å². The Bertz CT molecular complexity index is 477. The monoisotopic (exact) mass is 247 g/mol. The first-order valence-corrected chi connectivity index (χ1v) is 5.55. The van der Waals surface area contributed by atoms with E-state index in [1.807, 2.05) is 11.0 Å². The summed E-state index contributed by atoms with van der Waals surface area (Å²) in [7, 11) is 1.37. The van der Waals surface area contributed by atoms with Crippen LogP contribution in [0.2, 0.25) is 0 Å². The molecule has 0 aliphatic carbocycles. The van der Waals surface area contributed by atoms with E-state index >= 15 is 0 Å². The molecule has 1 aliphatic heterocycles. The van der Waals surface area contributed by atoms with E-state index in [9.17, 15) is 4.79 Å². The molecule has 0 saturated carbocycles. The second-order valence-corrected chi connectivity index (χ2v) is 3.78. The molecule has 0 radical (unpaired) electrons. The first-order chi connectivity index (χ1) is 8.76. The number of nitrogens with zero attached hydrogens (tertiary/aromatic N) is 5. The van der Waals surface area contributed by atoms with Crippen LogP contribution in [0.15, 0.2) is 12.4 Å². The first-order valence-electron chi connectivity index (χ1n) is 5.55. The molecule has 1 amide bonds. The third kappa shape index (κ3) is 2.32. The second kappa shape index (κ2) is 5.31. The quantitative estimate of drug-likeness (QED) is 0.706. The maximum Gasteiger partial charge on any atom is 0.409 e. The number of hydrogen-bond donors (Lipinski definition) is 0. The highest BCUT2D eigenvalue weighted by Crippen LogP contribution is 2.16. The summed E-state index contributed by atoms with van der Waals surface area (Å²) in [4.78, 5) is 23.1. The van der Waals surface area contributed by atoms with Gasteiger partial charge in [-0.05, 0) is 0 Å².